The fraction of sp³-hybridized carbons (Fsp3) is 0.462. The van der Waals surface area contributed by atoms with Crippen LogP contribution in [0.15, 0.2) is 42.5 Å². The van der Waals surface area contributed by atoms with Crippen molar-refractivity contribution in [2.75, 3.05) is 20.2 Å². The lowest BCUT2D eigenvalue weighted by molar-refractivity contribution is -0.143. The molecular formula is C26H29ClF6N2O3. The van der Waals surface area contributed by atoms with Gasteiger partial charge in [0.1, 0.15) is 0 Å². The molecule has 38 heavy (non-hydrogen) atoms. The maximum atomic E-state index is 13.3. The third-order valence-corrected chi connectivity index (χ3v) is 6.20. The van der Waals surface area contributed by atoms with Crippen LogP contribution >= 0.6 is 11.6 Å². The standard InChI is InChI=1S/C26H29ClF6N2O3/c1-35(24(38)18-14-19(25(28,29)30)16-20(15-18)26(31,32)33)22(13-17-5-7-21(27)8-6-17)9-10-23(37)34-11-3-2-4-12-36/h5-8,14-16,22,36H,2-4,9-13H2,1H3,(H,34,37). The Morgan fingerprint density at radius 2 is 1.53 bits per heavy atom. The van der Waals surface area contributed by atoms with E-state index in [-0.39, 0.29) is 37.8 Å². The normalized spacial score (nSPS) is 12.8. The molecule has 1 unspecified atom stereocenters. The van der Waals surface area contributed by atoms with Crippen molar-refractivity contribution in [1.29, 1.82) is 0 Å². The van der Waals surface area contributed by atoms with Gasteiger partial charge in [-0.1, -0.05) is 23.7 Å². The summed E-state index contributed by atoms with van der Waals surface area (Å²) >= 11 is 5.91. The van der Waals surface area contributed by atoms with Gasteiger partial charge in [0.05, 0.1) is 11.1 Å². The molecule has 0 spiro atoms. The molecule has 2 amide bonds. The zero-order valence-electron chi connectivity index (χ0n) is 20.6. The van der Waals surface area contributed by atoms with E-state index in [1.807, 2.05) is 0 Å². The van der Waals surface area contributed by atoms with E-state index in [1.54, 1.807) is 24.3 Å². The second-order valence-electron chi connectivity index (χ2n) is 8.87. The molecule has 2 aromatic rings. The Bertz CT molecular complexity index is 1040. The van der Waals surface area contributed by atoms with Crippen molar-refractivity contribution in [3.8, 4) is 0 Å². The van der Waals surface area contributed by atoms with Crippen LogP contribution in [0.4, 0.5) is 26.3 Å². The largest absolute Gasteiger partial charge is 0.416 e. The van der Waals surface area contributed by atoms with Gasteiger partial charge in [0.25, 0.3) is 5.91 Å². The molecule has 0 aliphatic carbocycles. The molecule has 12 heteroatoms. The van der Waals surface area contributed by atoms with Gasteiger partial charge < -0.3 is 15.3 Å². The number of benzene rings is 2. The first-order valence-corrected chi connectivity index (χ1v) is 12.3. The molecule has 2 aromatic carbocycles. The number of carbonyl (C=O) groups excluding carboxylic acids is 2. The van der Waals surface area contributed by atoms with E-state index >= 15 is 0 Å². The Balaban J connectivity index is 2.27. The monoisotopic (exact) mass is 566 g/mol. The van der Waals surface area contributed by atoms with Crippen LogP contribution in [0.5, 0.6) is 0 Å². The molecule has 2 rings (SSSR count). The molecule has 5 nitrogen and oxygen atoms in total. The zero-order valence-corrected chi connectivity index (χ0v) is 21.4. The number of aliphatic hydroxyl groups is 1. The topological polar surface area (TPSA) is 69.6 Å². The van der Waals surface area contributed by atoms with Crippen LogP contribution in [0.2, 0.25) is 5.02 Å². The minimum Gasteiger partial charge on any atom is -0.396 e. The first-order chi connectivity index (χ1) is 17.7. The van der Waals surface area contributed by atoms with E-state index in [9.17, 15) is 35.9 Å². The molecule has 0 aliphatic heterocycles. The Morgan fingerprint density at radius 1 is 0.947 bits per heavy atom. The molecule has 0 aromatic heterocycles. The molecule has 0 radical (unpaired) electrons. The first kappa shape index (κ1) is 31.4. The smallest absolute Gasteiger partial charge is 0.396 e. The number of halogens is 7. The number of unbranched alkanes of at least 4 members (excludes halogenated alkanes) is 2. The second kappa shape index (κ2) is 13.8. The first-order valence-electron chi connectivity index (χ1n) is 11.9. The van der Waals surface area contributed by atoms with Gasteiger partial charge in [-0.05, 0) is 68.0 Å². The maximum absolute atomic E-state index is 13.3. The lowest BCUT2D eigenvalue weighted by Gasteiger charge is -2.29. The summed E-state index contributed by atoms with van der Waals surface area (Å²) in [6, 6.07) is 6.62. The number of amides is 2. The number of aliphatic hydroxyl groups excluding tert-OH is 1. The Kier molecular flexibility index (Phi) is 11.4. The molecule has 0 heterocycles. The van der Waals surface area contributed by atoms with E-state index in [2.05, 4.69) is 5.32 Å². The van der Waals surface area contributed by atoms with Crippen molar-refractivity contribution in [3.63, 3.8) is 0 Å². The average Bonchev–Trinajstić information content (AvgIpc) is 2.85. The van der Waals surface area contributed by atoms with Crippen molar-refractivity contribution < 1.29 is 41.0 Å². The highest BCUT2D eigenvalue weighted by Gasteiger charge is 2.38. The zero-order chi connectivity index (χ0) is 28.5. The molecule has 0 saturated carbocycles. The fourth-order valence-electron chi connectivity index (χ4n) is 3.80. The van der Waals surface area contributed by atoms with Crippen LogP contribution in [0, 0.1) is 0 Å². The number of nitrogens with one attached hydrogen (secondary N) is 1. The minimum absolute atomic E-state index is 0.0216. The van der Waals surface area contributed by atoms with Crippen LogP contribution in [0.1, 0.15) is 59.2 Å². The van der Waals surface area contributed by atoms with Crippen LogP contribution in [0.3, 0.4) is 0 Å². The summed E-state index contributed by atoms with van der Waals surface area (Å²) in [5, 5.41) is 12.0. The van der Waals surface area contributed by atoms with E-state index in [0.29, 0.717) is 42.1 Å². The number of hydrogen-bond donors (Lipinski definition) is 2. The summed E-state index contributed by atoms with van der Waals surface area (Å²) in [4.78, 5) is 26.5. The predicted octanol–water partition coefficient (Wildman–Crippen LogP) is 6.12. The fourth-order valence-corrected chi connectivity index (χ4v) is 3.93. The molecule has 0 fully saturated rings. The van der Waals surface area contributed by atoms with E-state index in [0.717, 1.165) is 11.3 Å². The summed E-state index contributed by atoms with van der Waals surface area (Å²) in [6.07, 6.45) is -7.91. The molecule has 2 N–H and O–H groups in total. The van der Waals surface area contributed by atoms with Gasteiger partial charge in [-0.25, -0.2) is 0 Å². The number of hydrogen-bond acceptors (Lipinski definition) is 3. The van der Waals surface area contributed by atoms with E-state index in [1.165, 1.54) is 7.05 Å². The number of rotatable bonds is 12. The molecule has 0 bridgehead atoms. The number of alkyl halides is 6. The average molecular weight is 567 g/mol. The van der Waals surface area contributed by atoms with Crippen LogP contribution in [0.25, 0.3) is 0 Å². The maximum Gasteiger partial charge on any atom is 0.416 e. The third kappa shape index (κ3) is 9.83. The van der Waals surface area contributed by atoms with Gasteiger partial charge in [0.15, 0.2) is 0 Å². The van der Waals surface area contributed by atoms with Gasteiger partial charge in [0.2, 0.25) is 5.91 Å². The summed E-state index contributed by atoms with van der Waals surface area (Å²) in [7, 11) is 1.28. The van der Waals surface area contributed by atoms with Crippen LogP contribution in [-0.2, 0) is 23.6 Å². The lowest BCUT2D eigenvalue weighted by atomic mass is 9.98. The van der Waals surface area contributed by atoms with Gasteiger partial charge >= 0.3 is 12.4 Å². The minimum atomic E-state index is -5.09. The number of nitrogens with zero attached hydrogens (tertiary/aromatic N) is 1. The summed E-state index contributed by atoms with van der Waals surface area (Å²) in [5.74, 6) is -1.35. The van der Waals surface area contributed by atoms with Crippen molar-refractivity contribution in [2.24, 2.45) is 0 Å². The highest BCUT2D eigenvalue weighted by Crippen LogP contribution is 2.36. The third-order valence-electron chi connectivity index (χ3n) is 5.95. The molecule has 0 aliphatic rings. The lowest BCUT2D eigenvalue weighted by Crippen LogP contribution is -2.40. The van der Waals surface area contributed by atoms with Crippen molar-refractivity contribution in [2.45, 2.75) is 56.9 Å². The second-order valence-corrected chi connectivity index (χ2v) is 9.30. The highest BCUT2D eigenvalue weighted by molar-refractivity contribution is 6.30. The Labute approximate surface area is 221 Å². The van der Waals surface area contributed by atoms with Gasteiger partial charge in [-0.15, -0.1) is 0 Å². The SMILES string of the molecule is CN(C(=O)c1cc(C(F)(F)F)cc(C(F)(F)F)c1)C(CCC(=O)NCCCCCO)Cc1ccc(Cl)cc1. The number of likely N-dealkylation sites (N-methyl/N-ethyl adjacent to an activating group) is 1. The van der Waals surface area contributed by atoms with Gasteiger partial charge in [0, 0.05) is 43.2 Å². The molecule has 1 atom stereocenters. The Morgan fingerprint density at radius 3 is 2.05 bits per heavy atom. The molecular weight excluding hydrogens is 538 g/mol. The van der Waals surface area contributed by atoms with Crippen molar-refractivity contribution in [1.82, 2.24) is 10.2 Å². The summed E-state index contributed by atoms with van der Waals surface area (Å²) in [5.41, 5.74) is -3.22. The van der Waals surface area contributed by atoms with Crippen LogP contribution < -0.4 is 5.32 Å². The predicted molar refractivity (Wildman–Crippen MR) is 131 cm³/mol. The van der Waals surface area contributed by atoms with E-state index < -0.39 is 41.0 Å². The highest BCUT2D eigenvalue weighted by atomic mass is 35.5. The Hall–Kier alpha value is -2.79. The quantitative estimate of drug-likeness (QED) is 0.240. The summed E-state index contributed by atoms with van der Waals surface area (Å²) < 4.78 is 79.8. The van der Waals surface area contributed by atoms with E-state index in [4.69, 9.17) is 16.7 Å². The van der Waals surface area contributed by atoms with Crippen LogP contribution in [-0.4, -0.2) is 48.1 Å². The van der Waals surface area contributed by atoms with Crippen molar-refractivity contribution >= 4 is 23.4 Å². The van der Waals surface area contributed by atoms with Gasteiger partial charge in [-0.2, -0.15) is 26.3 Å². The number of carbonyl (C=O) groups is 2. The van der Waals surface area contributed by atoms with Crippen molar-refractivity contribution in [3.05, 3.63) is 69.7 Å². The molecule has 210 valence electrons. The molecule has 0 saturated heterocycles. The van der Waals surface area contributed by atoms with Gasteiger partial charge in [-0.3, -0.25) is 9.59 Å². The summed E-state index contributed by atoms with van der Waals surface area (Å²) in [6.45, 7) is 0.441.